The molecule has 5 heteroatoms. The number of hydrogen-bond acceptors (Lipinski definition) is 5. The maximum atomic E-state index is 12.4. The third-order valence-corrected chi connectivity index (χ3v) is 4.92. The third-order valence-electron chi connectivity index (χ3n) is 3.93. The van der Waals surface area contributed by atoms with Gasteiger partial charge in [0.25, 0.3) is 0 Å². The van der Waals surface area contributed by atoms with Crippen molar-refractivity contribution in [2.45, 2.75) is 31.3 Å². The van der Waals surface area contributed by atoms with Gasteiger partial charge in [0.1, 0.15) is 6.61 Å². The van der Waals surface area contributed by atoms with Crippen molar-refractivity contribution in [3.05, 3.63) is 22.4 Å². The van der Waals surface area contributed by atoms with Crippen molar-refractivity contribution in [3.8, 4) is 0 Å². The Balaban J connectivity index is 2.12. The molecule has 1 N–H and O–H groups in total. The van der Waals surface area contributed by atoms with Crippen LogP contribution in [0.5, 0.6) is 0 Å². The summed E-state index contributed by atoms with van der Waals surface area (Å²) in [5, 5.41) is 12.9. The van der Waals surface area contributed by atoms with Crippen molar-refractivity contribution in [1.82, 2.24) is 4.90 Å². The minimum absolute atomic E-state index is 0.0204. The molecule has 1 aromatic rings. The molecule has 20 heavy (non-hydrogen) atoms. The van der Waals surface area contributed by atoms with Crippen LogP contribution in [0.25, 0.3) is 0 Å². The maximum Gasteiger partial charge on any atom is 0.344 e. The molecule has 1 heterocycles. The van der Waals surface area contributed by atoms with Gasteiger partial charge >= 0.3 is 5.97 Å². The average Bonchev–Trinajstić information content (AvgIpc) is 3.10. The van der Waals surface area contributed by atoms with Crippen LogP contribution in [0.4, 0.5) is 0 Å². The molecular weight excluding hydrogens is 274 g/mol. The van der Waals surface area contributed by atoms with Gasteiger partial charge < -0.3 is 14.7 Å². The Kier molecular flexibility index (Phi) is 5.18. The molecule has 112 valence electrons. The minimum atomic E-state index is -1.46. The van der Waals surface area contributed by atoms with Crippen LogP contribution in [0.1, 0.15) is 30.6 Å². The second-order valence-electron chi connectivity index (χ2n) is 5.66. The van der Waals surface area contributed by atoms with E-state index in [1.807, 2.05) is 36.5 Å². The lowest BCUT2D eigenvalue weighted by Crippen LogP contribution is -2.43. The molecule has 1 atom stereocenters. The standard InChI is InChI=1S/C15H23NO3S/c1-16(2)9-10-19-14(17)15(18,12-6-3-4-7-12)13-8-5-11-20-13/h5,8,11-12,18H,3-4,6-7,9-10H2,1-2H3. The van der Waals surface area contributed by atoms with E-state index in [9.17, 15) is 9.90 Å². The number of rotatable bonds is 6. The molecule has 0 bridgehead atoms. The highest BCUT2D eigenvalue weighted by atomic mass is 32.1. The van der Waals surface area contributed by atoms with Gasteiger partial charge in [-0.2, -0.15) is 0 Å². The Bertz CT molecular complexity index is 426. The smallest absolute Gasteiger partial charge is 0.344 e. The molecule has 1 fully saturated rings. The lowest BCUT2D eigenvalue weighted by atomic mass is 9.84. The van der Waals surface area contributed by atoms with E-state index in [1.54, 1.807) is 0 Å². The van der Waals surface area contributed by atoms with Gasteiger partial charge in [-0.05, 0) is 38.4 Å². The fourth-order valence-corrected chi connectivity index (χ4v) is 3.63. The van der Waals surface area contributed by atoms with Crippen LogP contribution in [-0.4, -0.2) is 43.2 Å². The first kappa shape index (κ1) is 15.5. The number of esters is 1. The van der Waals surface area contributed by atoms with Crippen LogP contribution < -0.4 is 0 Å². The summed E-state index contributed by atoms with van der Waals surface area (Å²) in [6.45, 7) is 0.975. The van der Waals surface area contributed by atoms with Crippen LogP contribution in [-0.2, 0) is 15.1 Å². The fraction of sp³-hybridized carbons (Fsp3) is 0.667. The molecule has 1 aliphatic carbocycles. The predicted molar refractivity (Wildman–Crippen MR) is 79.7 cm³/mol. The van der Waals surface area contributed by atoms with E-state index in [0.717, 1.165) is 25.7 Å². The van der Waals surface area contributed by atoms with E-state index in [2.05, 4.69) is 0 Å². The second kappa shape index (κ2) is 6.70. The summed E-state index contributed by atoms with van der Waals surface area (Å²) in [6.07, 6.45) is 3.92. The van der Waals surface area contributed by atoms with E-state index < -0.39 is 11.6 Å². The molecule has 2 rings (SSSR count). The molecule has 0 amide bonds. The summed E-state index contributed by atoms with van der Waals surface area (Å²) in [7, 11) is 3.85. The lowest BCUT2D eigenvalue weighted by Gasteiger charge is -2.31. The molecule has 0 aliphatic heterocycles. The van der Waals surface area contributed by atoms with Gasteiger partial charge in [0.15, 0.2) is 5.60 Å². The van der Waals surface area contributed by atoms with Gasteiger partial charge in [-0.1, -0.05) is 18.9 Å². The summed E-state index contributed by atoms with van der Waals surface area (Å²) >= 11 is 1.42. The number of nitrogens with zero attached hydrogens (tertiary/aromatic N) is 1. The van der Waals surface area contributed by atoms with E-state index in [-0.39, 0.29) is 5.92 Å². The highest BCUT2D eigenvalue weighted by Gasteiger charge is 2.48. The molecule has 1 aromatic heterocycles. The lowest BCUT2D eigenvalue weighted by molar-refractivity contribution is -0.173. The molecule has 1 aliphatic rings. The summed E-state index contributed by atoms with van der Waals surface area (Å²) in [5.74, 6) is -0.512. The molecule has 0 radical (unpaired) electrons. The summed E-state index contributed by atoms with van der Waals surface area (Å²) in [6, 6.07) is 3.70. The molecular formula is C15H23NO3S. The van der Waals surface area contributed by atoms with Gasteiger partial charge in [-0.15, -0.1) is 11.3 Å². The van der Waals surface area contributed by atoms with Gasteiger partial charge in [-0.3, -0.25) is 0 Å². The maximum absolute atomic E-state index is 12.4. The molecule has 1 unspecified atom stereocenters. The van der Waals surface area contributed by atoms with E-state index in [0.29, 0.717) is 18.0 Å². The number of carbonyl (C=O) groups is 1. The number of thiophene rings is 1. The van der Waals surface area contributed by atoms with Crippen molar-refractivity contribution in [2.24, 2.45) is 5.92 Å². The Morgan fingerprint density at radius 3 is 2.75 bits per heavy atom. The number of likely N-dealkylation sites (N-methyl/N-ethyl adjacent to an activating group) is 1. The summed E-state index contributed by atoms with van der Waals surface area (Å²) in [5.41, 5.74) is -1.46. The van der Waals surface area contributed by atoms with E-state index in [4.69, 9.17) is 4.74 Å². The monoisotopic (exact) mass is 297 g/mol. The molecule has 0 spiro atoms. The number of ether oxygens (including phenoxy) is 1. The Hall–Kier alpha value is -0.910. The quantitative estimate of drug-likeness (QED) is 0.818. The van der Waals surface area contributed by atoms with E-state index >= 15 is 0 Å². The molecule has 4 nitrogen and oxygen atoms in total. The molecule has 0 saturated heterocycles. The predicted octanol–water partition coefficient (Wildman–Crippen LogP) is 2.23. The van der Waals surface area contributed by atoms with Crippen molar-refractivity contribution in [1.29, 1.82) is 0 Å². The highest BCUT2D eigenvalue weighted by Crippen LogP contribution is 2.43. The SMILES string of the molecule is CN(C)CCOC(=O)C(O)(c1cccs1)C1CCCC1. The van der Waals surface area contributed by atoms with Crippen LogP contribution in [0, 0.1) is 5.92 Å². The third kappa shape index (κ3) is 3.22. The van der Waals surface area contributed by atoms with Crippen LogP contribution in [0.15, 0.2) is 17.5 Å². The molecule has 0 aromatic carbocycles. The van der Waals surface area contributed by atoms with Gasteiger partial charge in [0.05, 0.1) is 0 Å². The Morgan fingerprint density at radius 2 is 2.20 bits per heavy atom. The van der Waals surface area contributed by atoms with Crippen molar-refractivity contribution < 1.29 is 14.6 Å². The first-order valence-electron chi connectivity index (χ1n) is 7.13. The first-order valence-corrected chi connectivity index (χ1v) is 8.01. The van der Waals surface area contributed by atoms with Crippen molar-refractivity contribution >= 4 is 17.3 Å². The van der Waals surface area contributed by atoms with Gasteiger partial charge in [0.2, 0.25) is 0 Å². The zero-order chi connectivity index (χ0) is 14.6. The molecule has 1 saturated carbocycles. The zero-order valence-electron chi connectivity index (χ0n) is 12.2. The van der Waals surface area contributed by atoms with E-state index in [1.165, 1.54) is 11.3 Å². The van der Waals surface area contributed by atoms with Crippen LogP contribution in [0.3, 0.4) is 0 Å². The largest absolute Gasteiger partial charge is 0.462 e. The summed E-state index contributed by atoms with van der Waals surface area (Å²) in [4.78, 5) is 15.1. The zero-order valence-corrected chi connectivity index (χ0v) is 13.0. The number of hydrogen-bond donors (Lipinski definition) is 1. The first-order chi connectivity index (χ1) is 9.55. The average molecular weight is 297 g/mol. The van der Waals surface area contributed by atoms with Gasteiger partial charge in [-0.25, -0.2) is 4.79 Å². The van der Waals surface area contributed by atoms with Crippen LogP contribution >= 0.6 is 11.3 Å². The highest BCUT2D eigenvalue weighted by molar-refractivity contribution is 7.10. The fourth-order valence-electron chi connectivity index (χ4n) is 2.74. The number of aliphatic hydroxyl groups is 1. The second-order valence-corrected chi connectivity index (χ2v) is 6.61. The number of carbonyl (C=O) groups excluding carboxylic acids is 1. The van der Waals surface area contributed by atoms with Crippen molar-refractivity contribution in [2.75, 3.05) is 27.2 Å². The normalized spacial score (nSPS) is 19.2. The topological polar surface area (TPSA) is 49.8 Å². The van der Waals surface area contributed by atoms with Crippen LogP contribution in [0.2, 0.25) is 0 Å². The summed E-state index contributed by atoms with van der Waals surface area (Å²) < 4.78 is 5.33. The Morgan fingerprint density at radius 1 is 1.50 bits per heavy atom. The Labute approximate surface area is 124 Å². The van der Waals surface area contributed by atoms with Crippen molar-refractivity contribution in [3.63, 3.8) is 0 Å². The van der Waals surface area contributed by atoms with Gasteiger partial charge in [0, 0.05) is 17.3 Å². The minimum Gasteiger partial charge on any atom is -0.462 e.